The van der Waals surface area contributed by atoms with E-state index < -0.39 is 6.10 Å². The number of pyridine rings is 1. The lowest BCUT2D eigenvalue weighted by Gasteiger charge is -2.13. The molecule has 7 nitrogen and oxygen atoms in total. The third kappa shape index (κ3) is 4.37. The van der Waals surface area contributed by atoms with Crippen LogP contribution in [0, 0.1) is 18.3 Å². The van der Waals surface area contributed by atoms with Crippen LogP contribution in [0.2, 0.25) is 0 Å². The molecule has 2 heterocycles. The zero-order valence-corrected chi connectivity index (χ0v) is 17.9. The Bertz CT molecular complexity index is 1270. The minimum atomic E-state index is -0.705. The van der Waals surface area contributed by atoms with Crippen molar-refractivity contribution in [2.45, 2.75) is 13.0 Å². The van der Waals surface area contributed by atoms with Crippen LogP contribution < -0.4 is 10.5 Å². The summed E-state index contributed by atoms with van der Waals surface area (Å²) in [5.41, 5.74) is 11.0. The SMILES string of the molecule is Cc1ccc(-c2cc(Oc3cc(C#N)ccc3-c3ccc(C(O)CN)cc3)n(C)n2)nc1. The van der Waals surface area contributed by atoms with Gasteiger partial charge in [0.05, 0.1) is 23.4 Å². The summed E-state index contributed by atoms with van der Waals surface area (Å²) in [5.74, 6) is 1.05. The predicted molar refractivity (Wildman–Crippen MR) is 122 cm³/mol. The maximum atomic E-state index is 9.95. The van der Waals surface area contributed by atoms with E-state index in [1.165, 1.54) is 0 Å². The molecule has 0 amide bonds. The molecule has 0 radical (unpaired) electrons. The lowest BCUT2D eigenvalue weighted by Crippen LogP contribution is -2.11. The highest BCUT2D eigenvalue weighted by Crippen LogP contribution is 2.35. The fourth-order valence-electron chi connectivity index (χ4n) is 3.34. The Morgan fingerprint density at radius 3 is 2.53 bits per heavy atom. The third-order valence-electron chi connectivity index (χ3n) is 5.17. The van der Waals surface area contributed by atoms with E-state index >= 15 is 0 Å². The van der Waals surface area contributed by atoms with Gasteiger partial charge in [0, 0.05) is 31.4 Å². The van der Waals surface area contributed by atoms with Crippen molar-refractivity contribution in [1.82, 2.24) is 14.8 Å². The van der Waals surface area contributed by atoms with Crippen molar-refractivity contribution in [2.75, 3.05) is 6.54 Å². The first-order chi connectivity index (χ1) is 15.5. The van der Waals surface area contributed by atoms with Gasteiger partial charge in [-0.05, 0) is 47.9 Å². The minimum Gasteiger partial charge on any atom is -0.439 e. The maximum Gasteiger partial charge on any atom is 0.218 e. The second-order valence-electron chi connectivity index (χ2n) is 7.51. The molecule has 0 aliphatic carbocycles. The molecule has 0 fully saturated rings. The number of nitrogens with zero attached hydrogens (tertiary/aromatic N) is 4. The molecule has 1 unspecified atom stereocenters. The largest absolute Gasteiger partial charge is 0.439 e. The summed E-state index contributed by atoms with van der Waals surface area (Å²) < 4.78 is 7.85. The van der Waals surface area contributed by atoms with Crippen molar-refractivity contribution in [3.8, 4) is 40.2 Å². The number of aromatic nitrogens is 3. The van der Waals surface area contributed by atoms with Gasteiger partial charge >= 0.3 is 0 Å². The molecule has 0 spiro atoms. The zero-order chi connectivity index (χ0) is 22.7. The number of ether oxygens (including phenoxy) is 1. The van der Waals surface area contributed by atoms with E-state index in [1.54, 1.807) is 30.1 Å². The summed E-state index contributed by atoms with van der Waals surface area (Å²) >= 11 is 0. The van der Waals surface area contributed by atoms with Gasteiger partial charge in [0.1, 0.15) is 11.4 Å². The van der Waals surface area contributed by atoms with E-state index in [9.17, 15) is 10.4 Å². The average Bonchev–Trinajstić information content (AvgIpc) is 3.19. The van der Waals surface area contributed by atoms with Crippen molar-refractivity contribution in [1.29, 1.82) is 5.26 Å². The summed E-state index contributed by atoms with van der Waals surface area (Å²) in [6.07, 6.45) is 1.09. The van der Waals surface area contributed by atoms with Crippen LogP contribution in [0.4, 0.5) is 0 Å². The first kappa shape index (κ1) is 21.2. The van der Waals surface area contributed by atoms with E-state index in [4.69, 9.17) is 10.5 Å². The molecular weight excluding hydrogens is 402 g/mol. The van der Waals surface area contributed by atoms with Crippen molar-refractivity contribution < 1.29 is 9.84 Å². The standard InChI is InChI=1S/C25H23N5O2/c1-16-3-10-21(28-15-16)22-12-25(30(2)29-22)32-24-11-17(13-26)4-9-20(24)18-5-7-19(8-6-18)23(31)14-27/h3-12,15,23,31H,14,27H2,1-2H3. The van der Waals surface area contributed by atoms with Gasteiger partial charge < -0.3 is 15.6 Å². The number of nitrogens with two attached hydrogens (primary N) is 1. The number of aryl methyl sites for hydroxylation is 2. The Labute approximate surface area is 186 Å². The molecule has 160 valence electrons. The lowest BCUT2D eigenvalue weighted by molar-refractivity contribution is 0.187. The predicted octanol–water partition coefficient (Wildman–Crippen LogP) is 4.11. The minimum absolute atomic E-state index is 0.156. The molecule has 4 rings (SSSR count). The molecule has 32 heavy (non-hydrogen) atoms. The molecule has 0 saturated heterocycles. The Hall–Kier alpha value is -3.99. The van der Waals surface area contributed by atoms with Crippen molar-refractivity contribution in [3.63, 3.8) is 0 Å². The first-order valence-electron chi connectivity index (χ1n) is 10.2. The average molecular weight is 425 g/mol. The van der Waals surface area contributed by atoms with Gasteiger partial charge in [-0.3, -0.25) is 4.98 Å². The first-order valence-corrected chi connectivity index (χ1v) is 10.2. The van der Waals surface area contributed by atoms with Crippen LogP contribution in [-0.2, 0) is 7.05 Å². The molecule has 0 bridgehead atoms. The van der Waals surface area contributed by atoms with Crippen LogP contribution in [0.25, 0.3) is 22.5 Å². The fourth-order valence-corrected chi connectivity index (χ4v) is 3.34. The monoisotopic (exact) mass is 425 g/mol. The molecule has 2 aromatic heterocycles. The van der Waals surface area contributed by atoms with Gasteiger partial charge in [0.25, 0.3) is 0 Å². The molecule has 4 aromatic rings. The van der Waals surface area contributed by atoms with Gasteiger partial charge in [-0.2, -0.15) is 10.4 Å². The lowest BCUT2D eigenvalue weighted by atomic mass is 10.00. The van der Waals surface area contributed by atoms with E-state index in [2.05, 4.69) is 16.2 Å². The van der Waals surface area contributed by atoms with E-state index in [-0.39, 0.29) is 6.54 Å². The normalized spacial score (nSPS) is 11.7. The molecule has 3 N–H and O–H groups in total. The summed E-state index contributed by atoms with van der Waals surface area (Å²) in [4.78, 5) is 4.43. The summed E-state index contributed by atoms with van der Waals surface area (Å²) in [5, 5.41) is 23.8. The van der Waals surface area contributed by atoms with Gasteiger partial charge in [0.15, 0.2) is 0 Å². The van der Waals surface area contributed by atoms with Gasteiger partial charge in [-0.1, -0.05) is 30.3 Å². The Kier molecular flexibility index (Phi) is 5.99. The zero-order valence-electron chi connectivity index (χ0n) is 17.9. The number of nitriles is 1. The topological polar surface area (TPSA) is 110 Å². The van der Waals surface area contributed by atoms with Crippen molar-refractivity contribution in [3.05, 3.63) is 83.6 Å². The van der Waals surface area contributed by atoms with Gasteiger partial charge in [-0.25, -0.2) is 4.68 Å². The van der Waals surface area contributed by atoms with Crippen LogP contribution in [0.15, 0.2) is 66.9 Å². The Morgan fingerprint density at radius 1 is 1.09 bits per heavy atom. The number of aliphatic hydroxyl groups is 1. The molecular formula is C25H23N5O2. The highest BCUT2D eigenvalue weighted by molar-refractivity contribution is 5.72. The van der Waals surface area contributed by atoms with Crippen LogP contribution >= 0.6 is 0 Å². The number of rotatable bonds is 6. The van der Waals surface area contributed by atoms with Crippen LogP contribution in [0.1, 0.15) is 22.8 Å². The third-order valence-corrected chi connectivity index (χ3v) is 5.17. The van der Waals surface area contributed by atoms with Crippen molar-refractivity contribution in [2.24, 2.45) is 12.8 Å². The molecule has 1 atom stereocenters. The summed E-state index contributed by atoms with van der Waals surface area (Å²) in [7, 11) is 1.80. The van der Waals surface area contributed by atoms with E-state index in [0.717, 1.165) is 27.9 Å². The molecule has 2 aromatic carbocycles. The van der Waals surface area contributed by atoms with Crippen LogP contribution in [0.3, 0.4) is 0 Å². The number of benzene rings is 2. The molecule has 0 saturated carbocycles. The van der Waals surface area contributed by atoms with Gasteiger partial charge in [0.2, 0.25) is 5.88 Å². The fraction of sp³-hybridized carbons (Fsp3) is 0.160. The van der Waals surface area contributed by atoms with Crippen molar-refractivity contribution >= 4 is 0 Å². The molecule has 7 heteroatoms. The summed E-state index contributed by atoms with van der Waals surface area (Å²) in [6.45, 7) is 2.14. The number of hydrogen-bond acceptors (Lipinski definition) is 6. The second kappa shape index (κ2) is 9.02. The Morgan fingerprint density at radius 2 is 1.88 bits per heavy atom. The quantitative estimate of drug-likeness (QED) is 0.481. The number of hydrogen-bond donors (Lipinski definition) is 2. The maximum absolute atomic E-state index is 9.95. The van der Waals surface area contributed by atoms with E-state index in [1.807, 2.05) is 55.5 Å². The highest BCUT2D eigenvalue weighted by atomic mass is 16.5. The molecule has 0 aliphatic rings. The number of aliphatic hydroxyl groups excluding tert-OH is 1. The molecule has 0 aliphatic heterocycles. The summed E-state index contributed by atoms with van der Waals surface area (Å²) in [6, 6.07) is 20.6. The van der Waals surface area contributed by atoms with E-state index in [0.29, 0.717) is 22.9 Å². The second-order valence-corrected chi connectivity index (χ2v) is 7.51. The Balaban J connectivity index is 1.70. The highest BCUT2D eigenvalue weighted by Gasteiger charge is 2.15. The van der Waals surface area contributed by atoms with Gasteiger partial charge in [-0.15, -0.1) is 0 Å². The van der Waals surface area contributed by atoms with Crippen LogP contribution in [-0.4, -0.2) is 26.4 Å². The smallest absolute Gasteiger partial charge is 0.218 e. The van der Waals surface area contributed by atoms with Crippen LogP contribution in [0.5, 0.6) is 11.6 Å².